The molecule has 3 aromatic rings. The molecule has 57 heavy (non-hydrogen) atoms. The first-order valence-corrected chi connectivity index (χ1v) is 20.7. The van der Waals surface area contributed by atoms with E-state index < -0.39 is 66.1 Å². The average Bonchev–Trinajstić information content (AvgIpc) is 3.84. The summed E-state index contributed by atoms with van der Waals surface area (Å²) in [7, 11) is 0. The highest BCUT2D eigenvalue weighted by molar-refractivity contribution is 9.09. The molecule has 2 N–H and O–H groups in total. The van der Waals surface area contributed by atoms with Crippen molar-refractivity contribution in [2.45, 2.75) is 74.2 Å². The van der Waals surface area contributed by atoms with Gasteiger partial charge >= 0.3 is 5.97 Å². The normalized spacial score (nSPS) is 24.3. The molecule has 12 heteroatoms. The molecule has 0 saturated carbocycles. The van der Waals surface area contributed by atoms with Gasteiger partial charge in [-0.25, -0.2) is 0 Å². The third-order valence-electron chi connectivity index (χ3n) is 11.5. The Morgan fingerprint density at radius 2 is 1.65 bits per heavy atom. The fourth-order valence-electron chi connectivity index (χ4n) is 8.85. The molecular formula is C45H53BrN4O7. The van der Waals surface area contributed by atoms with Crippen LogP contribution in [0.5, 0.6) is 0 Å². The number of likely N-dealkylation sites (tertiary alicyclic amines) is 1. The van der Waals surface area contributed by atoms with E-state index in [9.17, 15) is 14.7 Å². The van der Waals surface area contributed by atoms with E-state index in [0.29, 0.717) is 18.5 Å². The van der Waals surface area contributed by atoms with E-state index in [1.807, 2.05) is 84.9 Å². The zero-order valence-electron chi connectivity index (χ0n) is 32.7. The highest BCUT2D eigenvalue weighted by atomic mass is 79.9. The van der Waals surface area contributed by atoms with E-state index in [4.69, 9.17) is 9.47 Å². The van der Waals surface area contributed by atoms with Crippen molar-refractivity contribution in [3.8, 4) is 0 Å². The van der Waals surface area contributed by atoms with Gasteiger partial charge < -0.3 is 34.6 Å². The van der Waals surface area contributed by atoms with Gasteiger partial charge in [0.1, 0.15) is 18.2 Å². The monoisotopic (exact) mass is 840 g/mol. The molecule has 3 saturated heterocycles. The first-order valence-electron chi connectivity index (χ1n) is 19.8. The lowest BCUT2D eigenvalue weighted by Gasteiger charge is -2.39. The van der Waals surface area contributed by atoms with Crippen LogP contribution in [0, 0.1) is 11.8 Å². The second-order valence-corrected chi connectivity index (χ2v) is 16.0. The number of nitrogens with zero attached hydrogens (tertiary/aromatic N) is 3. The fourth-order valence-corrected chi connectivity index (χ4v) is 9.79. The van der Waals surface area contributed by atoms with Crippen molar-refractivity contribution in [1.29, 1.82) is 0 Å². The van der Waals surface area contributed by atoms with Crippen LogP contribution in [0.3, 0.4) is 0 Å². The number of esters is 1. The Labute approximate surface area is 343 Å². The molecule has 1 unspecified atom stereocenters. The summed E-state index contributed by atoms with van der Waals surface area (Å²) >= 11 is 3.79. The van der Waals surface area contributed by atoms with Crippen LogP contribution >= 0.6 is 15.9 Å². The Morgan fingerprint density at radius 1 is 1.00 bits per heavy atom. The van der Waals surface area contributed by atoms with Crippen LogP contribution in [0.2, 0.25) is 0 Å². The van der Waals surface area contributed by atoms with Gasteiger partial charge in [-0.05, 0) is 68.5 Å². The maximum Gasteiger partial charge on any atom is 0.306 e. The van der Waals surface area contributed by atoms with E-state index >= 15 is 9.59 Å². The predicted octanol–water partition coefficient (Wildman–Crippen LogP) is 5.77. The summed E-state index contributed by atoms with van der Waals surface area (Å²) in [6, 6.07) is 23.8. The number of allylic oxidation sites excluding steroid dienone is 1. The zero-order chi connectivity index (χ0) is 40.7. The predicted molar refractivity (Wildman–Crippen MR) is 224 cm³/mol. The highest BCUT2D eigenvalue weighted by Crippen LogP contribution is 2.60. The topological polar surface area (TPSA) is 129 Å². The van der Waals surface area contributed by atoms with Crippen LogP contribution in [0.1, 0.15) is 50.3 Å². The first-order chi connectivity index (χ1) is 27.6. The number of anilines is 2. The Hall–Kier alpha value is -4.78. The summed E-state index contributed by atoms with van der Waals surface area (Å²) in [4.78, 5) is 62.6. The van der Waals surface area contributed by atoms with Crippen molar-refractivity contribution in [2.24, 2.45) is 11.8 Å². The van der Waals surface area contributed by atoms with Crippen LogP contribution in [-0.2, 0) is 35.1 Å². The molecule has 11 nitrogen and oxygen atoms in total. The number of alkyl halides is 1. The molecule has 6 rings (SSSR count). The van der Waals surface area contributed by atoms with Gasteiger partial charge in [-0.3, -0.25) is 19.2 Å². The van der Waals surface area contributed by atoms with Gasteiger partial charge in [-0.1, -0.05) is 88.7 Å². The zero-order valence-corrected chi connectivity index (χ0v) is 34.3. The second-order valence-electron chi connectivity index (χ2n) is 14.8. The van der Waals surface area contributed by atoms with Crippen molar-refractivity contribution < 1.29 is 33.8 Å². The number of hydrogen-bond donors (Lipinski definition) is 2. The lowest BCUT2D eigenvalue weighted by Crippen LogP contribution is -2.59. The van der Waals surface area contributed by atoms with Gasteiger partial charge in [0.15, 0.2) is 0 Å². The number of rotatable bonds is 19. The standard InChI is InChI=1S/C45H53BrN4O7/c1-5-9-20-37(52)56-29-36(31-18-14-11-15-19-31)47-42(53)38-39-43(54)50(34(28-51)26-30-16-12-10-13-17-30)41(45(39)27-35(46)40(38)57-45)44(55)49(25-6-2)33-23-21-32(22-24-33)48(7-3)8-4/h5-6,10-19,21-24,34-36,38-41,51H,1-2,7-9,20,25-29H2,3-4H3,(H,47,53)/t34-,35?,36-,38-,39+,40-,41-,45+/m1/s1. The molecule has 8 atom stereocenters. The first kappa shape index (κ1) is 41.8. The van der Waals surface area contributed by atoms with E-state index in [0.717, 1.165) is 29.9 Å². The van der Waals surface area contributed by atoms with Crippen LogP contribution in [0.25, 0.3) is 0 Å². The number of amides is 3. The number of fused-ring (bicyclic) bond motifs is 1. The van der Waals surface area contributed by atoms with Crippen LogP contribution in [0.15, 0.2) is 110 Å². The summed E-state index contributed by atoms with van der Waals surface area (Å²) in [5.74, 6) is -3.70. The Bertz CT molecular complexity index is 1890. The van der Waals surface area contributed by atoms with Crippen molar-refractivity contribution in [3.05, 3.63) is 121 Å². The summed E-state index contributed by atoms with van der Waals surface area (Å²) in [5.41, 5.74) is 1.85. The average molecular weight is 842 g/mol. The fraction of sp³-hybridized carbons (Fsp3) is 0.422. The lowest BCUT2D eigenvalue weighted by atomic mass is 9.70. The number of carbonyl (C=O) groups is 4. The molecule has 3 aliphatic heterocycles. The quantitative estimate of drug-likeness (QED) is 0.0886. The van der Waals surface area contributed by atoms with Crippen LogP contribution < -0.4 is 15.1 Å². The van der Waals surface area contributed by atoms with Gasteiger partial charge in [0, 0.05) is 42.3 Å². The van der Waals surface area contributed by atoms with Gasteiger partial charge in [-0.2, -0.15) is 0 Å². The number of hydrogen-bond acceptors (Lipinski definition) is 8. The lowest BCUT2D eigenvalue weighted by molar-refractivity contribution is -0.146. The maximum absolute atomic E-state index is 15.3. The molecule has 3 fully saturated rings. The number of nitrogens with one attached hydrogen (secondary N) is 1. The summed E-state index contributed by atoms with van der Waals surface area (Å²) in [6.45, 7) is 13.1. The summed E-state index contributed by atoms with van der Waals surface area (Å²) in [6.07, 6.45) is 3.74. The molecule has 3 amide bonds. The van der Waals surface area contributed by atoms with Crippen LogP contribution in [0.4, 0.5) is 11.4 Å². The Morgan fingerprint density at radius 3 is 2.26 bits per heavy atom. The minimum Gasteiger partial charge on any atom is -0.463 e. The Balaban J connectivity index is 1.38. The second kappa shape index (κ2) is 18.7. The highest BCUT2D eigenvalue weighted by Gasteiger charge is 2.77. The van der Waals surface area contributed by atoms with Gasteiger partial charge in [0.2, 0.25) is 11.8 Å². The maximum atomic E-state index is 15.3. The van der Waals surface area contributed by atoms with Crippen molar-refractivity contribution >= 4 is 51.0 Å². The van der Waals surface area contributed by atoms with Crippen molar-refractivity contribution in [3.63, 3.8) is 0 Å². The Kier molecular flexibility index (Phi) is 13.7. The smallest absolute Gasteiger partial charge is 0.306 e. The molecular weight excluding hydrogens is 788 g/mol. The number of halogens is 1. The summed E-state index contributed by atoms with van der Waals surface area (Å²) < 4.78 is 12.5. The number of aliphatic hydroxyl groups excluding tert-OH is 1. The minimum atomic E-state index is -1.39. The third kappa shape index (κ3) is 8.44. The van der Waals surface area contributed by atoms with E-state index in [1.54, 1.807) is 17.1 Å². The largest absolute Gasteiger partial charge is 0.463 e. The number of ether oxygens (including phenoxy) is 2. The molecule has 302 valence electrons. The van der Waals surface area contributed by atoms with Crippen molar-refractivity contribution in [1.82, 2.24) is 10.2 Å². The number of carbonyl (C=O) groups excluding carboxylic acids is 4. The minimum absolute atomic E-state index is 0.119. The van der Waals surface area contributed by atoms with E-state index in [2.05, 4.69) is 53.2 Å². The van der Waals surface area contributed by atoms with Gasteiger partial charge in [0.25, 0.3) is 5.91 Å². The van der Waals surface area contributed by atoms with Gasteiger partial charge in [0.05, 0.1) is 36.6 Å². The van der Waals surface area contributed by atoms with Gasteiger partial charge in [-0.15, -0.1) is 13.2 Å². The molecule has 3 aliphatic rings. The summed E-state index contributed by atoms with van der Waals surface area (Å²) in [5, 5.41) is 14.1. The molecule has 3 heterocycles. The SMILES string of the molecule is C=CCCC(=O)OC[C@@H](NC(=O)[C@H]1[C@@H]2O[C@@]3(CC2Br)[C@@H]1C(=O)N([C@@H](CO)Cc1ccccc1)[C@@H]3C(=O)N(CC=C)c1ccc(N(CC)CC)cc1)c1ccccc1. The molecule has 0 radical (unpaired) electrons. The molecule has 0 aromatic heterocycles. The third-order valence-corrected chi connectivity index (χ3v) is 12.4. The molecule has 1 spiro atoms. The van der Waals surface area contributed by atoms with E-state index in [-0.39, 0.29) is 36.7 Å². The molecule has 3 aromatic carbocycles. The number of aliphatic hydroxyl groups is 1. The molecule has 2 bridgehead atoms. The molecule has 0 aliphatic carbocycles. The van der Waals surface area contributed by atoms with Crippen molar-refractivity contribution in [2.75, 3.05) is 42.6 Å². The van der Waals surface area contributed by atoms with E-state index in [1.165, 1.54) is 4.90 Å². The number of benzene rings is 3. The van der Waals surface area contributed by atoms with Crippen LogP contribution in [-0.4, -0.2) is 95.2 Å².